The van der Waals surface area contributed by atoms with Crippen molar-refractivity contribution in [2.75, 3.05) is 13.1 Å². The summed E-state index contributed by atoms with van der Waals surface area (Å²) in [6.07, 6.45) is -2.78. The molecule has 0 aliphatic carbocycles. The van der Waals surface area contributed by atoms with Crippen LogP contribution in [-0.4, -0.2) is 43.6 Å². The van der Waals surface area contributed by atoms with E-state index in [1.54, 1.807) is 7.05 Å². The maximum atomic E-state index is 12.5. The first-order chi connectivity index (χ1) is 9.28. The second-order valence-corrected chi connectivity index (χ2v) is 4.94. The molecule has 0 aliphatic heterocycles. The molecule has 0 aromatic carbocycles. The average Bonchev–Trinajstić information content (AvgIpc) is 2.62. The summed E-state index contributed by atoms with van der Waals surface area (Å²) in [6.45, 7) is 0.901. The molecular formula is C11H19F3N4OS. The van der Waals surface area contributed by atoms with Gasteiger partial charge in [0.1, 0.15) is 6.61 Å². The summed E-state index contributed by atoms with van der Waals surface area (Å²) in [4.78, 5) is 1.26. The molecule has 5 nitrogen and oxygen atoms in total. The normalized spacial score (nSPS) is 12.3. The molecule has 116 valence electrons. The quantitative estimate of drug-likeness (QED) is 0.783. The Morgan fingerprint density at radius 1 is 1.40 bits per heavy atom. The summed E-state index contributed by atoms with van der Waals surface area (Å²) in [5.74, 6) is 0.331. The van der Waals surface area contributed by atoms with Crippen molar-refractivity contribution in [1.29, 1.82) is 0 Å². The summed E-state index contributed by atoms with van der Waals surface area (Å²) in [7, 11) is 1.62. The molecule has 0 radical (unpaired) electrons. The van der Waals surface area contributed by atoms with Crippen LogP contribution >= 0.6 is 12.2 Å². The second-order valence-electron chi connectivity index (χ2n) is 4.58. The summed E-state index contributed by atoms with van der Waals surface area (Å²) < 4.78 is 40.7. The Balaban J connectivity index is 2.86. The van der Waals surface area contributed by atoms with Gasteiger partial charge in [-0.25, -0.2) is 4.68 Å². The van der Waals surface area contributed by atoms with Crippen LogP contribution in [0.5, 0.6) is 0 Å². The minimum Gasteiger partial charge on any atom is -0.388 e. The first-order valence-corrected chi connectivity index (χ1v) is 6.72. The number of hydrogen-bond donors (Lipinski definition) is 1. The van der Waals surface area contributed by atoms with Crippen molar-refractivity contribution in [2.24, 2.45) is 7.05 Å². The third-order valence-electron chi connectivity index (χ3n) is 2.84. The van der Waals surface area contributed by atoms with Crippen molar-refractivity contribution in [3.8, 4) is 0 Å². The van der Waals surface area contributed by atoms with Gasteiger partial charge in [-0.2, -0.15) is 18.3 Å². The van der Waals surface area contributed by atoms with Gasteiger partial charge < -0.3 is 9.67 Å². The third kappa shape index (κ3) is 4.88. The Morgan fingerprint density at radius 3 is 2.50 bits per heavy atom. The zero-order chi connectivity index (χ0) is 15.3. The monoisotopic (exact) mass is 312 g/mol. The minimum absolute atomic E-state index is 0.0355. The van der Waals surface area contributed by atoms with Gasteiger partial charge in [-0.15, -0.1) is 0 Å². The van der Waals surface area contributed by atoms with Crippen LogP contribution in [0.4, 0.5) is 13.2 Å². The molecule has 0 saturated heterocycles. The van der Waals surface area contributed by atoms with Gasteiger partial charge in [0.05, 0.1) is 13.2 Å². The molecule has 1 aromatic heterocycles. The molecule has 1 heterocycles. The zero-order valence-electron chi connectivity index (χ0n) is 11.5. The second kappa shape index (κ2) is 7.19. The van der Waals surface area contributed by atoms with Gasteiger partial charge in [-0.05, 0) is 18.6 Å². The van der Waals surface area contributed by atoms with Crippen LogP contribution in [0.1, 0.15) is 25.6 Å². The van der Waals surface area contributed by atoms with Crippen molar-refractivity contribution in [1.82, 2.24) is 19.2 Å². The lowest BCUT2D eigenvalue weighted by molar-refractivity contribution is -0.150. The molecule has 0 saturated carbocycles. The highest BCUT2D eigenvalue weighted by atomic mass is 32.1. The highest BCUT2D eigenvalue weighted by molar-refractivity contribution is 7.71. The Morgan fingerprint density at radius 2 is 2.05 bits per heavy atom. The molecule has 0 amide bonds. The van der Waals surface area contributed by atoms with Crippen LogP contribution in [0, 0.1) is 4.77 Å². The maximum Gasteiger partial charge on any atom is 0.401 e. The largest absolute Gasteiger partial charge is 0.401 e. The lowest BCUT2D eigenvalue weighted by Crippen LogP contribution is -2.36. The maximum absolute atomic E-state index is 12.5. The Kier molecular flexibility index (Phi) is 6.15. The molecule has 0 aliphatic rings. The van der Waals surface area contributed by atoms with Crippen molar-refractivity contribution >= 4 is 12.2 Å². The van der Waals surface area contributed by atoms with Crippen LogP contribution in [0.15, 0.2) is 0 Å². The fourth-order valence-corrected chi connectivity index (χ4v) is 1.99. The molecule has 1 rings (SSSR count). The van der Waals surface area contributed by atoms with E-state index in [2.05, 4.69) is 5.10 Å². The molecule has 0 atom stereocenters. The number of nitrogens with zero attached hydrogens (tertiary/aromatic N) is 4. The third-order valence-corrected chi connectivity index (χ3v) is 3.32. The van der Waals surface area contributed by atoms with Crippen LogP contribution in [0.25, 0.3) is 0 Å². The molecular weight excluding hydrogens is 293 g/mol. The molecule has 0 unspecified atom stereocenters. The van der Waals surface area contributed by atoms with Crippen molar-refractivity contribution in [2.45, 2.75) is 39.2 Å². The fraction of sp³-hybridized carbons (Fsp3) is 0.818. The summed E-state index contributed by atoms with van der Waals surface area (Å²) in [6, 6.07) is 0. The summed E-state index contributed by atoms with van der Waals surface area (Å²) in [5, 5.41) is 13.1. The van der Waals surface area contributed by atoms with Crippen molar-refractivity contribution in [3.63, 3.8) is 0 Å². The van der Waals surface area contributed by atoms with Gasteiger partial charge in [0.25, 0.3) is 0 Å². The number of alkyl halides is 3. The number of halogens is 3. The predicted octanol–water partition coefficient (Wildman–Crippen LogP) is 2.07. The van der Waals surface area contributed by atoms with Gasteiger partial charge in [0, 0.05) is 13.6 Å². The number of aromatic nitrogens is 3. The number of unbranched alkanes of at least 4 members (excludes halogenated alkanes) is 1. The number of aliphatic hydroxyl groups is 1. The number of hydrogen-bond acceptors (Lipinski definition) is 4. The first kappa shape index (κ1) is 17.1. The van der Waals surface area contributed by atoms with E-state index in [4.69, 9.17) is 17.3 Å². The zero-order valence-corrected chi connectivity index (χ0v) is 12.3. The highest BCUT2D eigenvalue weighted by Crippen LogP contribution is 2.17. The molecule has 0 spiro atoms. The van der Waals surface area contributed by atoms with Crippen LogP contribution < -0.4 is 0 Å². The molecule has 1 aromatic rings. The first-order valence-electron chi connectivity index (χ1n) is 6.31. The van der Waals surface area contributed by atoms with E-state index in [0.717, 1.165) is 6.42 Å². The van der Waals surface area contributed by atoms with Crippen LogP contribution in [0.2, 0.25) is 0 Å². The van der Waals surface area contributed by atoms with Gasteiger partial charge in [-0.3, -0.25) is 4.90 Å². The van der Waals surface area contributed by atoms with E-state index in [-0.39, 0.29) is 18.0 Å². The van der Waals surface area contributed by atoms with Gasteiger partial charge >= 0.3 is 6.18 Å². The van der Waals surface area contributed by atoms with Gasteiger partial charge in [-0.1, -0.05) is 13.3 Å². The highest BCUT2D eigenvalue weighted by Gasteiger charge is 2.30. The van der Waals surface area contributed by atoms with Crippen LogP contribution in [0.3, 0.4) is 0 Å². The Labute approximate surface area is 120 Å². The SMILES string of the molecule is CCCCN(Cn1nc(CO)n(C)c1=S)CC(F)(F)F. The standard InChI is InChI=1S/C11H19F3N4OS/c1-3-4-5-17(7-11(12,13)14)8-18-10(20)16(2)9(6-19)15-18/h19H,3-8H2,1-2H3. The topological polar surface area (TPSA) is 46.2 Å². The van der Waals surface area contributed by atoms with Crippen molar-refractivity contribution in [3.05, 3.63) is 10.6 Å². The fourth-order valence-electron chi connectivity index (χ4n) is 1.79. The van der Waals surface area contributed by atoms with Gasteiger partial charge in [0.15, 0.2) is 10.6 Å². The minimum atomic E-state index is -4.26. The van der Waals surface area contributed by atoms with E-state index < -0.39 is 12.7 Å². The molecule has 1 N–H and O–H groups in total. The Bertz CT molecular complexity index is 483. The molecule has 20 heavy (non-hydrogen) atoms. The van der Waals surface area contributed by atoms with Crippen molar-refractivity contribution < 1.29 is 18.3 Å². The van der Waals surface area contributed by atoms with E-state index in [9.17, 15) is 13.2 Å². The van der Waals surface area contributed by atoms with E-state index >= 15 is 0 Å². The lowest BCUT2D eigenvalue weighted by Gasteiger charge is -2.23. The van der Waals surface area contributed by atoms with Crippen LogP contribution in [-0.2, 0) is 20.3 Å². The van der Waals surface area contributed by atoms with Gasteiger partial charge in [0.2, 0.25) is 0 Å². The smallest absolute Gasteiger partial charge is 0.388 e. The number of aliphatic hydroxyl groups excluding tert-OH is 1. The van der Waals surface area contributed by atoms with E-state index in [0.29, 0.717) is 18.8 Å². The number of rotatable bonds is 7. The Hall–Kier alpha value is -0.930. The predicted molar refractivity (Wildman–Crippen MR) is 70.5 cm³/mol. The van der Waals surface area contributed by atoms with E-state index in [1.807, 2.05) is 6.92 Å². The molecule has 0 bridgehead atoms. The van der Waals surface area contributed by atoms with E-state index in [1.165, 1.54) is 14.1 Å². The summed E-state index contributed by atoms with van der Waals surface area (Å²) >= 11 is 5.10. The summed E-state index contributed by atoms with van der Waals surface area (Å²) in [5.41, 5.74) is 0. The molecule has 0 fully saturated rings. The average molecular weight is 312 g/mol. The molecule has 9 heteroatoms. The lowest BCUT2D eigenvalue weighted by atomic mass is 10.3.